The molecule has 0 spiro atoms. The number of hydrogen-bond acceptors (Lipinski definition) is 4. The highest BCUT2D eigenvalue weighted by molar-refractivity contribution is 7.89. The molecule has 6 nitrogen and oxygen atoms in total. The maximum Gasteiger partial charge on any atom is 0.241 e. The zero-order valence-electron chi connectivity index (χ0n) is 13.9. The predicted molar refractivity (Wildman–Crippen MR) is 90.4 cm³/mol. The standard InChI is InChI=1S/C17H20N2O4S/c1-11-4-7-17(23-11)12(2)18-24(21,22)15-5-6-16-14(10-15)8-9-19(16)13(3)20/h4-7,10,12,18H,8-9H2,1-3H3/t12-/m0/s1. The Morgan fingerprint density at radius 2 is 2.04 bits per heavy atom. The fraction of sp³-hybridized carbons (Fsp3) is 0.353. The third-order valence-corrected chi connectivity index (χ3v) is 5.70. The molecule has 0 saturated heterocycles. The fourth-order valence-corrected chi connectivity index (χ4v) is 4.18. The van der Waals surface area contributed by atoms with Gasteiger partial charge in [-0.2, -0.15) is 0 Å². The minimum absolute atomic E-state index is 0.0377. The first-order valence-electron chi connectivity index (χ1n) is 7.77. The van der Waals surface area contributed by atoms with Gasteiger partial charge in [-0.25, -0.2) is 13.1 Å². The summed E-state index contributed by atoms with van der Waals surface area (Å²) in [5.41, 5.74) is 1.66. The largest absolute Gasteiger partial charge is 0.465 e. The van der Waals surface area contributed by atoms with Gasteiger partial charge in [0.15, 0.2) is 0 Å². The topological polar surface area (TPSA) is 79.6 Å². The van der Waals surface area contributed by atoms with Gasteiger partial charge in [0.25, 0.3) is 0 Å². The number of hydrogen-bond donors (Lipinski definition) is 1. The zero-order valence-corrected chi connectivity index (χ0v) is 14.7. The smallest absolute Gasteiger partial charge is 0.241 e. The first kappa shape index (κ1) is 16.7. The number of benzene rings is 1. The second-order valence-electron chi connectivity index (χ2n) is 6.00. The van der Waals surface area contributed by atoms with E-state index < -0.39 is 16.1 Å². The lowest BCUT2D eigenvalue weighted by Crippen LogP contribution is -2.27. The molecule has 1 aromatic heterocycles. The summed E-state index contributed by atoms with van der Waals surface area (Å²) < 4.78 is 33.3. The summed E-state index contributed by atoms with van der Waals surface area (Å²) in [5, 5.41) is 0. The van der Waals surface area contributed by atoms with E-state index in [0.717, 1.165) is 17.0 Å². The Morgan fingerprint density at radius 1 is 1.29 bits per heavy atom. The van der Waals surface area contributed by atoms with Crippen molar-refractivity contribution in [1.82, 2.24) is 4.72 Å². The lowest BCUT2D eigenvalue weighted by Gasteiger charge is -2.16. The highest BCUT2D eigenvalue weighted by atomic mass is 32.2. The summed E-state index contributed by atoms with van der Waals surface area (Å²) >= 11 is 0. The molecule has 3 rings (SSSR count). The van der Waals surface area contributed by atoms with Crippen LogP contribution in [0.25, 0.3) is 0 Å². The zero-order chi connectivity index (χ0) is 17.5. The van der Waals surface area contributed by atoms with Gasteiger partial charge in [-0.15, -0.1) is 0 Å². The van der Waals surface area contributed by atoms with Crippen molar-refractivity contribution in [2.75, 3.05) is 11.4 Å². The summed E-state index contributed by atoms with van der Waals surface area (Å²) in [6.45, 7) is 5.64. The molecule has 0 aliphatic carbocycles. The molecule has 1 amide bonds. The SMILES string of the molecule is CC(=O)N1CCc2cc(S(=O)(=O)N[C@@H](C)c3ccc(C)o3)ccc21. The van der Waals surface area contributed by atoms with E-state index in [0.29, 0.717) is 18.7 Å². The van der Waals surface area contributed by atoms with E-state index >= 15 is 0 Å². The monoisotopic (exact) mass is 348 g/mol. The Bertz CT molecular complexity index is 886. The van der Waals surface area contributed by atoms with Crippen LogP contribution in [-0.4, -0.2) is 20.9 Å². The van der Waals surface area contributed by atoms with Crippen LogP contribution in [0.2, 0.25) is 0 Å². The first-order chi connectivity index (χ1) is 11.3. The molecule has 1 N–H and O–H groups in total. The summed E-state index contributed by atoms with van der Waals surface area (Å²) in [6.07, 6.45) is 0.658. The third kappa shape index (κ3) is 3.09. The minimum atomic E-state index is -3.67. The number of furan rings is 1. The predicted octanol–water partition coefficient (Wildman–Crippen LogP) is 2.54. The number of nitrogens with one attached hydrogen (secondary N) is 1. The number of rotatable bonds is 4. The van der Waals surface area contributed by atoms with Gasteiger partial charge in [-0.1, -0.05) is 0 Å². The Labute approximate surface area is 141 Å². The van der Waals surface area contributed by atoms with E-state index in [1.165, 1.54) is 13.0 Å². The van der Waals surface area contributed by atoms with Crippen LogP contribution in [-0.2, 0) is 21.2 Å². The number of aryl methyl sites for hydroxylation is 1. The number of carbonyl (C=O) groups is 1. The molecule has 0 radical (unpaired) electrons. The van der Waals surface area contributed by atoms with E-state index in [9.17, 15) is 13.2 Å². The van der Waals surface area contributed by atoms with Crippen LogP contribution >= 0.6 is 0 Å². The molecule has 128 valence electrons. The van der Waals surface area contributed by atoms with Crippen molar-refractivity contribution >= 4 is 21.6 Å². The van der Waals surface area contributed by atoms with Crippen molar-refractivity contribution in [3.8, 4) is 0 Å². The minimum Gasteiger partial charge on any atom is -0.465 e. The van der Waals surface area contributed by atoms with Crippen molar-refractivity contribution in [3.05, 3.63) is 47.4 Å². The van der Waals surface area contributed by atoms with Crippen LogP contribution in [0.4, 0.5) is 5.69 Å². The molecule has 1 aliphatic heterocycles. The molecule has 1 aliphatic rings. The van der Waals surface area contributed by atoms with Crippen molar-refractivity contribution < 1.29 is 17.6 Å². The van der Waals surface area contributed by atoms with Crippen LogP contribution in [0.1, 0.15) is 37.0 Å². The van der Waals surface area contributed by atoms with E-state index in [-0.39, 0.29) is 10.8 Å². The molecule has 7 heteroatoms. The molecular formula is C17H20N2O4S. The average molecular weight is 348 g/mol. The molecule has 2 aromatic rings. The van der Waals surface area contributed by atoms with E-state index in [1.54, 1.807) is 36.1 Å². The molecule has 0 unspecified atom stereocenters. The molecule has 1 aromatic carbocycles. The molecule has 0 saturated carbocycles. The lowest BCUT2D eigenvalue weighted by atomic mass is 10.2. The molecule has 0 fully saturated rings. The molecule has 2 heterocycles. The lowest BCUT2D eigenvalue weighted by molar-refractivity contribution is -0.116. The molecule has 24 heavy (non-hydrogen) atoms. The normalized spacial score (nSPS) is 15.4. The highest BCUT2D eigenvalue weighted by Crippen LogP contribution is 2.30. The van der Waals surface area contributed by atoms with Crippen LogP contribution in [0.3, 0.4) is 0 Å². The summed E-state index contributed by atoms with van der Waals surface area (Å²) in [7, 11) is -3.67. The van der Waals surface area contributed by atoms with Gasteiger partial charge in [0.05, 0.1) is 10.9 Å². The molecular weight excluding hydrogens is 328 g/mol. The summed E-state index contributed by atoms with van der Waals surface area (Å²) in [4.78, 5) is 13.4. The quantitative estimate of drug-likeness (QED) is 0.921. The van der Waals surface area contributed by atoms with E-state index in [1.807, 2.05) is 6.92 Å². The fourth-order valence-electron chi connectivity index (χ4n) is 2.92. The summed E-state index contributed by atoms with van der Waals surface area (Å²) in [5.74, 6) is 1.27. The van der Waals surface area contributed by atoms with Crippen LogP contribution in [0, 0.1) is 6.92 Å². The number of fused-ring (bicyclic) bond motifs is 1. The van der Waals surface area contributed by atoms with Gasteiger partial charge >= 0.3 is 0 Å². The van der Waals surface area contributed by atoms with Crippen LogP contribution in [0.15, 0.2) is 39.6 Å². The molecule has 1 atom stereocenters. The van der Waals surface area contributed by atoms with Gasteiger partial charge in [0, 0.05) is 19.2 Å². The third-order valence-electron chi connectivity index (χ3n) is 4.16. The second-order valence-corrected chi connectivity index (χ2v) is 7.72. The average Bonchev–Trinajstić information content (AvgIpc) is 3.12. The highest BCUT2D eigenvalue weighted by Gasteiger charge is 2.26. The Morgan fingerprint density at radius 3 is 2.67 bits per heavy atom. The van der Waals surface area contributed by atoms with Crippen LogP contribution < -0.4 is 9.62 Å². The van der Waals surface area contributed by atoms with Gasteiger partial charge < -0.3 is 9.32 Å². The van der Waals surface area contributed by atoms with Crippen molar-refractivity contribution in [1.29, 1.82) is 0 Å². The van der Waals surface area contributed by atoms with Crippen molar-refractivity contribution in [3.63, 3.8) is 0 Å². The summed E-state index contributed by atoms with van der Waals surface area (Å²) in [6, 6.07) is 7.95. The van der Waals surface area contributed by atoms with E-state index in [2.05, 4.69) is 4.72 Å². The van der Waals surface area contributed by atoms with Crippen LogP contribution in [0.5, 0.6) is 0 Å². The van der Waals surface area contributed by atoms with E-state index in [4.69, 9.17) is 4.42 Å². The second kappa shape index (κ2) is 6.07. The first-order valence-corrected chi connectivity index (χ1v) is 9.26. The van der Waals surface area contributed by atoms with Gasteiger partial charge in [-0.05, 0) is 56.2 Å². The number of nitrogens with zero attached hydrogens (tertiary/aromatic N) is 1. The Kier molecular flexibility index (Phi) is 4.23. The van der Waals surface area contributed by atoms with Gasteiger partial charge in [0.1, 0.15) is 11.5 Å². The Balaban J connectivity index is 1.84. The maximum absolute atomic E-state index is 12.6. The molecule has 0 bridgehead atoms. The number of anilines is 1. The maximum atomic E-state index is 12.6. The number of sulfonamides is 1. The Hall–Kier alpha value is -2.12. The van der Waals surface area contributed by atoms with Crippen molar-refractivity contribution in [2.24, 2.45) is 0 Å². The number of carbonyl (C=O) groups excluding carboxylic acids is 1. The van der Waals surface area contributed by atoms with Gasteiger partial charge in [-0.3, -0.25) is 4.79 Å². The van der Waals surface area contributed by atoms with Crippen molar-refractivity contribution in [2.45, 2.75) is 38.1 Å². The number of amides is 1. The van der Waals surface area contributed by atoms with Gasteiger partial charge in [0.2, 0.25) is 15.9 Å².